The lowest BCUT2D eigenvalue weighted by Gasteiger charge is -2.43. The van der Waals surface area contributed by atoms with Crippen molar-refractivity contribution in [3.05, 3.63) is 215 Å². The van der Waals surface area contributed by atoms with Gasteiger partial charge in [0.05, 0.1) is 11.0 Å². The maximum atomic E-state index is 7.01. The van der Waals surface area contributed by atoms with Gasteiger partial charge in [0.1, 0.15) is 11.2 Å². The first-order valence-corrected chi connectivity index (χ1v) is 33.3. The molecular formula is C83H78BN3OS. The van der Waals surface area contributed by atoms with Crippen molar-refractivity contribution >= 4 is 121 Å². The number of benzene rings is 10. The Morgan fingerprint density at radius 3 is 1.71 bits per heavy atom. The number of hydrogen-bond acceptors (Lipinski definition) is 4. The molecule has 2 aliphatic carbocycles. The van der Waals surface area contributed by atoms with Crippen molar-refractivity contribution in [2.75, 3.05) is 9.71 Å². The first-order valence-electron chi connectivity index (χ1n) is 32.5. The first-order chi connectivity index (χ1) is 42.3. The fraction of sp³-hybridized carbons (Fsp3) is 0.277. The van der Waals surface area contributed by atoms with E-state index in [9.17, 15) is 0 Å². The fourth-order valence-corrected chi connectivity index (χ4v) is 17.8. The van der Waals surface area contributed by atoms with Crippen LogP contribution in [0.3, 0.4) is 0 Å². The zero-order chi connectivity index (χ0) is 61.5. The van der Waals surface area contributed by atoms with E-state index in [0.717, 1.165) is 51.8 Å². The van der Waals surface area contributed by atoms with Crippen molar-refractivity contribution in [3.63, 3.8) is 0 Å². The van der Waals surface area contributed by atoms with E-state index in [0.29, 0.717) is 0 Å². The summed E-state index contributed by atoms with van der Waals surface area (Å²) in [4.78, 5) is 5.20. The molecule has 0 saturated carbocycles. The summed E-state index contributed by atoms with van der Waals surface area (Å²) in [6.07, 6.45) is 2.30. The molecule has 5 heterocycles. The standard InChI is InChI=1S/C83H78BN3OS/c1-78(2,3)47-24-30-50(31-25-47)85(51-32-26-48(27-33-51)79(4,5)6)53-36-37-55-58-41-59-66(46-71(58)89-70(55)40-53)87(52-34-28-49(29-35-52)80(7,8)9)84-64-45-69-57(54-20-17-19-23-68(54)88-69)43-67(64)86-65-44-63-62(81(10,11)38-39-82(63,12)13)42-60(65)74-75-72(73(59)76(84)77(74)86)56-21-16-18-22-61(56)83(75,14)15/h16-37,40-46H,38-39H2,1-15H3. The molecule has 0 spiro atoms. The van der Waals surface area contributed by atoms with E-state index in [1.807, 2.05) is 11.3 Å². The predicted molar refractivity (Wildman–Crippen MR) is 384 cm³/mol. The number of furan rings is 1. The minimum absolute atomic E-state index is 0.00942. The second-order valence-corrected chi connectivity index (χ2v) is 32.7. The number of thiophene rings is 1. The molecule has 10 aromatic carbocycles. The molecular weight excluding hydrogens is 1100 g/mol. The van der Waals surface area contributed by atoms with Crippen molar-refractivity contribution in [3.8, 4) is 27.9 Å². The van der Waals surface area contributed by atoms with Gasteiger partial charge < -0.3 is 18.7 Å². The molecule has 440 valence electrons. The number of para-hydroxylation sites is 1. The first kappa shape index (κ1) is 54.8. The molecule has 0 radical (unpaired) electrons. The van der Waals surface area contributed by atoms with E-state index in [4.69, 9.17) is 4.42 Å². The van der Waals surface area contributed by atoms with E-state index in [1.54, 1.807) is 0 Å². The SMILES string of the molecule is CC(C)(C)c1ccc(N2B3c4cc5oc6ccccc6c5cc4-n4c5cc6c(cc5c5c7c(c(c3c54)-c3cc4c(cc32)sc2cc(N(c3ccc(C(C)(C)C)cc3)c3ccc(C(C)(C)C)cc3)ccc24)-c2ccccc2C7(C)C)C(C)(C)CCC6(C)C)cc1. The van der Waals surface area contributed by atoms with Crippen molar-refractivity contribution < 1.29 is 4.42 Å². The molecule has 4 nitrogen and oxygen atoms in total. The Morgan fingerprint density at radius 1 is 0.472 bits per heavy atom. The molecule has 0 unspecified atom stereocenters. The van der Waals surface area contributed by atoms with Gasteiger partial charge in [0.15, 0.2) is 0 Å². The lowest BCUT2D eigenvalue weighted by atomic mass is 9.43. The summed E-state index contributed by atoms with van der Waals surface area (Å²) in [5.41, 5.74) is 29.1. The quantitative estimate of drug-likeness (QED) is 0.164. The molecule has 17 rings (SSSR count). The van der Waals surface area contributed by atoms with Crippen LogP contribution in [-0.4, -0.2) is 11.4 Å². The molecule has 3 aromatic heterocycles. The van der Waals surface area contributed by atoms with Crippen molar-refractivity contribution in [2.24, 2.45) is 0 Å². The number of nitrogens with zero attached hydrogens (tertiary/aromatic N) is 3. The van der Waals surface area contributed by atoms with Crippen molar-refractivity contribution in [1.82, 2.24) is 4.57 Å². The monoisotopic (exact) mass is 1180 g/mol. The zero-order valence-corrected chi connectivity index (χ0v) is 55.2. The summed E-state index contributed by atoms with van der Waals surface area (Å²) in [6.45, 7) is 35.5. The minimum Gasteiger partial charge on any atom is -0.456 e. The van der Waals surface area contributed by atoms with Crippen LogP contribution in [0, 0.1) is 0 Å². The number of fused-ring (bicyclic) bond motifs is 20. The van der Waals surface area contributed by atoms with Gasteiger partial charge in [0.25, 0.3) is 0 Å². The second kappa shape index (κ2) is 18.0. The Bertz CT molecular complexity index is 5160. The topological polar surface area (TPSA) is 24.6 Å². The molecule has 4 aliphatic rings. The highest BCUT2D eigenvalue weighted by Gasteiger charge is 2.51. The zero-order valence-electron chi connectivity index (χ0n) is 54.4. The summed E-state index contributed by atoms with van der Waals surface area (Å²) in [6, 6.07) is 68.9. The maximum absolute atomic E-state index is 7.01. The van der Waals surface area contributed by atoms with Gasteiger partial charge in [-0.25, -0.2) is 0 Å². The Balaban J connectivity index is 1.00. The molecule has 2 aliphatic heterocycles. The average Bonchev–Trinajstić information content (AvgIpc) is 1.54. The number of aromatic nitrogens is 1. The van der Waals surface area contributed by atoms with Crippen molar-refractivity contribution in [1.29, 1.82) is 0 Å². The Hall–Kier alpha value is -8.32. The lowest BCUT2D eigenvalue weighted by Crippen LogP contribution is -2.60. The van der Waals surface area contributed by atoms with Crippen LogP contribution in [0.15, 0.2) is 180 Å². The fourth-order valence-electron chi connectivity index (χ4n) is 16.6. The van der Waals surface area contributed by atoms with Crippen LogP contribution < -0.4 is 20.6 Å². The number of anilines is 5. The third-order valence-corrected chi connectivity index (χ3v) is 22.8. The van der Waals surface area contributed by atoms with Gasteiger partial charge in [-0.2, -0.15) is 0 Å². The summed E-state index contributed by atoms with van der Waals surface area (Å²) < 4.78 is 12.3. The Morgan fingerprint density at radius 2 is 1.06 bits per heavy atom. The molecule has 0 fully saturated rings. The van der Waals surface area contributed by atoms with Gasteiger partial charge in [0.2, 0.25) is 0 Å². The predicted octanol–water partition coefficient (Wildman–Crippen LogP) is 22.3. The largest absolute Gasteiger partial charge is 0.456 e. The van der Waals surface area contributed by atoms with Crippen LogP contribution in [0.2, 0.25) is 0 Å². The Labute approximate surface area is 528 Å². The van der Waals surface area contributed by atoms with E-state index < -0.39 is 0 Å². The highest BCUT2D eigenvalue weighted by atomic mass is 32.1. The van der Waals surface area contributed by atoms with Crippen LogP contribution in [0.1, 0.15) is 156 Å². The van der Waals surface area contributed by atoms with Gasteiger partial charge in [-0.15, -0.1) is 11.3 Å². The van der Waals surface area contributed by atoms with Crippen LogP contribution in [-0.2, 0) is 32.5 Å². The van der Waals surface area contributed by atoms with Gasteiger partial charge in [0, 0.05) is 86.8 Å². The summed E-state index contributed by atoms with van der Waals surface area (Å²) in [7, 11) is 0. The summed E-state index contributed by atoms with van der Waals surface area (Å²) in [5, 5.41) is 7.62. The van der Waals surface area contributed by atoms with Gasteiger partial charge in [-0.1, -0.05) is 189 Å². The number of rotatable bonds is 4. The van der Waals surface area contributed by atoms with E-state index in [-0.39, 0.29) is 39.3 Å². The summed E-state index contributed by atoms with van der Waals surface area (Å²) in [5.74, 6) is 0. The molecule has 0 N–H and O–H groups in total. The van der Waals surface area contributed by atoms with Crippen LogP contribution >= 0.6 is 11.3 Å². The molecule has 0 atom stereocenters. The van der Waals surface area contributed by atoms with Gasteiger partial charge in [-0.3, -0.25) is 0 Å². The second-order valence-electron chi connectivity index (χ2n) is 31.6. The molecule has 13 aromatic rings. The average molecular weight is 1180 g/mol. The molecule has 89 heavy (non-hydrogen) atoms. The van der Waals surface area contributed by atoms with Gasteiger partial charge >= 0.3 is 6.85 Å². The molecule has 0 amide bonds. The van der Waals surface area contributed by atoms with Crippen molar-refractivity contribution in [2.45, 2.75) is 149 Å². The highest BCUT2D eigenvalue weighted by Crippen LogP contribution is 2.61. The number of hydrogen-bond donors (Lipinski definition) is 0. The smallest absolute Gasteiger partial charge is 0.333 e. The Kier molecular flexibility index (Phi) is 11.1. The van der Waals surface area contributed by atoms with E-state index in [1.165, 1.54) is 131 Å². The van der Waals surface area contributed by atoms with E-state index in [2.05, 4.69) is 294 Å². The maximum Gasteiger partial charge on any atom is 0.333 e. The molecule has 0 bridgehead atoms. The van der Waals surface area contributed by atoms with Crippen LogP contribution in [0.4, 0.5) is 28.4 Å². The van der Waals surface area contributed by atoms with Crippen LogP contribution in [0.5, 0.6) is 0 Å². The van der Waals surface area contributed by atoms with Crippen LogP contribution in [0.25, 0.3) is 91.9 Å². The van der Waals surface area contributed by atoms with E-state index >= 15 is 0 Å². The third-order valence-electron chi connectivity index (χ3n) is 21.7. The summed E-state index contributed by atoms with van der Waals surface area (Å²) >= 11 is 1.92. The molecule has 6 heteroatoms. The highest BCUT2D eigenvalue weighted by molar-refractivity contribution is 7.26. The lowest BCUT2D eigenvalue weighted by molar-refractivity contribution is 0.332. The van der Waals surface area contributed by atoms with Gasteiger partial charge in [-0.05, 0) is 197 Å². The third kappa shape index (κ3) is 7.71. The molecule has 0 saturated heterocycles. The normalized spacial score (nSPS) is 16.2. The minimum atomic E-state index is -0.313.